The van der Waals surface area contributed by atoms with Gasteiger partial charge in [0.05, 0.1) is 9.82 Å². The van der Waals surface area contributed by atoms with Crippen molar-refractivity contribution >= 4 is 15.7 Å². The van der Waals surface area contributed by atoms with Gasteiger partial charge in [-0.1, -0.05) is 0 Å². The van der Waals surface area contributed by atoms with Gasteiger partial charge >= 0.3 is 0 Å². The average molecular weight is 313 g/mol. The summed E-state index contributed by atoms with van der Waals surface area (Å²) in [6.45, 7) is 1.77. The second kappa shape index (κ2) is 6.50. The van der Waals surface area contributed by atoms with Crippen LogP contribution >= 0.6 is 0 Å². The van der Waals surface area contributed by atoms with E-state index < -0.39 is 14.9 Å². The Labute approximate surface area is 124 Å². The van der Waals surface area contributed by atoms with E-state index in [-0.39, 0.29) is 10.6 Å². The lowest BCUT2D eigenvalue weighted by molar-refractivity contribution is -0.384. The van der Waals surface area contributed by atoms with E-state index in [4.69, 9.17) is 0 Å². The summed E-state index contributed by atoms with van der Waals surface area (Å²) in [6, 6.07) is 5.05. The molecule has 0 aromatic heterocycles. The van der Waals surface area contributed by atoms with Gasteiger partial charge < -0.3 is 5.32 Å². The van der Waals surface area contributed by atoms with Crippen LogP contribution in [0.15, 0.2) is 29.2 Å². The predicted octanol–water partition coefficient (Wildman–Crippen LogP) is 1.21. The quantitative estimate of drug-likeness (QED) is 0.651. The maximum Gasteiger partial charge on any atom is 0.269 e. The van der Waals surface area contributed by atoms with Crippen molar-refractivity contribution in [2.45, 2.75) is 17.7 Å². The van der Waals surface area contributed by atoms with E-state index in [2.05, 4.69) is 5.32 Å². The topological polar surface area (TPSA) is 92.6 Å². The van der Waals surface area contributed by atoms with Gasteiger partial charge in [0.2, 0.25) is 10.0 Å². The third-order valence-electron chi connectivity index (χ3n) is 3.66. The van der Waals surface area contributed by atoms with E-state index in [1.807, 2.05) is 7.05 Å². The molecule has 1 aliphatic heterocycles. The van der Waals surface area contributed by atoms with Crippen molar-refractivity contribution in [3.8, 4) is 0 Å². The van der Waals surface area contributed by atoms with Crippen LogP contribution in [0.1, 0.15) is 12.8 Å². The van der Waals surface area contributed by atoms with Crippen molar-refractivity contribution in [3.05, 3.63) is 34.4 Å². The molecule has 1 unspecified atom stereocenters. The molecule has 1 fully saturated rings. The van der Waals surface area contributed by atoms with Gasteiger partial charge in [0.1, 0.15) is 0 Å². The summed E-state index contributed by atoms with van der Waals surface area (Å²) in [4.78, 5) is 10.2. The third-order valence-corrected chi connectivity index (χ3v) is 5.54. The van der Waals surface area contributed by atoms with Crippen LogP contribution < -0.4 is 5.32 Å². The molecule has 0 amide bonds. The highest BCUT2D eigenvalue weighted by molar-refractivity contribution is 7.89. The molecule has 0 spiro atoms. The molecule has 1 N–H and O–H groups in total. The molecular formula is C13H19N3O4S. The largest absolute Gasteiger partial charge is 0.319 e. The van der Waals surface area contributed by atoms with Gasteiger partial charge in [-0.25, -0.2) is 8.42 Å². The number of nitrogens with zero attached hydrogens (tertiary/aromatic N) is 2. The summed E-state index contributed by atoms with van der Waals surface area (Å²) in [5, 5.41) is 13.7. The molecule has 8 heteroatoms. The molecule has 1 aromatic rings. The lowest BCUT2D eigenvalue weighted by atomic mass is 10.00. The zero-order valence-corrected chi connectivity index (χ0v) is 12.7. The Morgan fingerprint density at radius 1 is 1.38 bits per heavy atom. The number of hydrogen-bond acceptors (Lipinski definition) is 5. The van der Waals surface area contributed by atoms with Gasteiger partial charge in [-0.3, -0.25) is 10.1 Å². The van der Waals surface area contributed by atoms with Crippen molar-refractivity contribution < 1.29 is 13.3 Å². The standard InChI is InChI=1S/C13H19N3O4S/c1-14-9-11-3-2-8-15(10-11)21(19,20)13-6-4-12(5-7-13)16(17)18/h4-7,11,14H,2-3,8-10H2,1H3. The van der Waals surface area contributed by atoms with E-state index >= 15 is 0 Å². The van der Waals surface area contributed by atoms with Gasteiger partial charge in [0, 0.05) is 25.2 Å². The first-order chi connectivity index (χ1) is 9.95. The monoisotopic (exact) mass is 313 g/mol. The Hall–Kier alpha value is -1.51. The number of nitro groups is 1. The Balaban J connectivity index is 2.18. The van der Waals surface area contributed by atoms with Gasteiger partial charge in [-0.05, 0) is 44.5 Å². The molecule has 0 saturated carbocycles. The summed E-state index contributed by atoms with van der Waals surface area (Å²) in [6.07, 6.45) is 1.84. The second-order valence-corrected chi connectivity index (χ2v) is 7.12. The normalized spacial score (nSPS) is 20.3. The zero-order chi connectivity index (χ0) is 15.5. The van der Waals surface area contributed by atoms with Gasteiger partial charge in [0.15, 0.2) is 0 Å². The van der Waals surface area contributed by atoms with Crippen molar-refractivity contribution in [1.82, 2.24) is 9.62 Å². The van der Waals surface area contributed by atoms with Crippen LogP contribution in [0.3, 0.4) is 0 Å². The second-order valence-electron chi connectivity index (χ2n) is 5.18. The highest BCUT2D eigenvalue weighted by Gasteiger charge is 2.30. The Morgan fingerprint density at radius 3 is 2.62 bits per heavy atom. The molecule has 0 aliphatic carbocycles. The molecular weight excluding hydrogens is 294 g/mol. The molecule has 1 saturated heterocycles. The van der Waals surface area contributed by atoms with Crippen molar-refractivity contribution in [2.75, 3.05) is 26.7 Å². The summed E-state index contributed by atoms with van der Waals surface area (Å²) in [5.41, 5.74) is -0.111. The van der Waals surface area contributed by atoms with E-state index in [1.165, 1.54) is 28.6 Å². The van der Waals surface area contributed by atoms with Crippen molar-refractivity contribution in [2.24, 2.45) is 5.92 Å². The number of nitro benzene ring substituents is 1. The zero-order valence-electron chi connectivity index (χ0n) is 11.9. The van der Waals surface area contributed by atoms with E-state index in [0.29, 0.717) is 19.0 Å². The van der Waals surface area contributed by atoms with Gasteiger partial charge in [-0.15, -0.1) is 0 Å². The van der Waals surface area contributed by atoms with Crippen LogP contribution in [0.4, 0.5) is 5.69 Å². The molecule has 21 heavy (non-hydrogen) atoms. The van der Waals surface area contributed by atoms with Gasteiger partial charge in [-0.2, -0.15) is 4.31 Å². The van der Waals surface area contributed by atoms with E-state index in [0.717, 1.165) is 19.4 Å². The van der Waals surface area contributed by atoms with Crippen LogP contribution in [-0.2, 0) is 10.0 Å². The third kappa shape index (κ3) is 3.58. The van der Waals surface area contributed by atoms with E-state index in [9.17, 15) is 18.5 Å². The molecule has 7 nitrogen and oxygen atoms in total. The van der Waals surface area contributed by atoms with Crippen LogP contribution in [-0.4, -0.2) is 44.3 Å². The molecule has 1 heterocycles. The fraction of sp³-hybridized carbons (Fsp3) is 0.538. The first kappa shape index (κ1) is 15.9. The smallest absolute Gasteiger partial charge is 0.269 e. The fourth-order valence-corrected chi connectivity index (χ4v) is 4.14. The van der Waals surface area contributed by atoms with Crippen LogP contribution in [0.5, 0.6) is 0 Å². The number of nitrogens with one attached hydrogen (secondary N) is 1. The Kier molecular flexibility index (Phi) is 4.92. The maximum absolute atomic E-state index is 12.6. The Bertz CT molecular complexity index is 598. The summed E-state index contributed by atoms with van der Waals surface area (Å²) >= 11 is 0. The SMILES string of the molecule is CNCC1CCCN(S(=O)(=O)c2ccc([N+](=O)[O-])cc2)C1. The number of rotatable bonds is 5. The molecule has 0 radical (unpaired) electrons. The van der Waals surface area contributed by atoms with Crippen molar-refractivity contribution in [1.29, 1.82) is 0 Å². The first-order valence-corrected chi connectivity index (χ1v) is 8.28. The van der Waals surface area contributed by atoms with Crippen LogP contribution in [0, 0.1) is 16.0 Å². The van der Waals surface area contributed by atoms with Gasteiger partial charge in [0.25, 0.3) is 5.69 Å². The molecule has 116 valence electrons. The average Bonchev–Trinajstić information content (AvgIpc) is 2.48. The number of sulfonamides is 1. The fourth-order valence-electron chi connectivity index (χ4n) is 2.59. The number of benzene rings is 1. The lowest BCUT2D eigenvalue weighted by Crippen LogP contribution is -2.42. The minimum atomic E-state index is -3.57. The number of non-ortho nitro benzene ring substituents is 1. The molecule has 1 atom stereocenters. The molecule has 0 bridgehead atoms. The first-order valence-electron chi connectivity index (χ1n) is 6.84. The molecule has 2 rings (SSSR count). The lowest BCUT2D eigenvalue weighted by Gasteiger charge is -2.31. The highest BCUT2D eigenvalue weighted by Crippen LogP contribution is 2.24. The Morgan fingerprint density at radius 2 is 2.05 bits per heavy atom. The minimum absolute atomic E-state index is 0.109. The predicted molar refractivity (Wildman–Crippen MR) is 78.5 cm³/mol. The summed E-state index contributed by atoms with van der Waals surface area (Å²) < 4.78 is 26.6. The maximum atomic E-state index is 12.6. The molecule has 1 aliphatic rings. The van der Waals surface area contributed by atoms with Crippen LogP contribution in [0.25, 0.3) is 0 Å². The minimum Gasteiger partial charge on any atom is -0.319 e. The molecule has 1 aromatic carbocycles. The van der Waals surface area contributed by atoms with Crippen LogP contribution in [0.2, 0.25) is 0 Å². The highest BCUT2D eigenvalue weighted by atomic mass is 32.2. The summed E-state index contributed by atoms with van der Waals surface area (Å²) in [7, 11) is -1.72. The number of piperidine rings is 1. The number of hydrogen-bond donors (Lipinski definition) is 1. The summed E-state index contributed by atoms with van der Waals surface area (Å²) in [5.74, 6) is 0.302. The van der Waals surface area contributed by atoms with E-state index in [1.54, 1.807) is 0 Å². The van der Waals surface area contributed by atoms with Crippen molar-refractivity contribution in [3.63, 3.8) is 0 Å².